The van der Waals surface area contributed by atoms with Gasteiger partial charge < -0.3 is 9.72 Å². The molecule has 0 bridgehead atoms. The molecule has 0 N–H and O–H groups in total. The van der Waals surface area contributed by atoms with Crippen LogP contribution in [0.1, 0.15) is 22.3 Å². The number of para-hydroxylation sites is 2. The Balaban J connectivity index is 0.00000160. The second-order valence-electron chi connectivity index (χ2n) is 6.70. The molecule has 2 aliphatic rings. The zero-order valence-corrected chi connectivity index (χ0v) is 16.7. The van der Waals surface area contributed by atoms with Crippen LogP contribution in [0, 0.1) is 6.07 Å². The number of nitrogens with zero attached hydrogens (tertiary/aromatic N) is 1. The summed E-state index contributed by atoms with van der Waals surface area (Å²) in [5, 5.41) is 0. The molecule has 1 spiro atoms. The number of hydrogen-bond acceptors (Lipinski definition) is 2. The number of benzene rings is 3. The zero-order valence-electron chi connectivity index (χ0n) is 14.3. The van der Waals surface area contributed by atoms with Gasteiger partial charge in [-0.25, -0.2) is 0 Å². The van der Waals surface area contributed by atoms with Gasteiger partial charge in [0.25, 0.3) is 0 Å². The van der Waals surface area contributed by atoms with Crippen LogP contribution in [0.4, 0.5) is 0 Å². The third-order valence-corrected chi connectivity index (χ3v) is 5.51. The smallest absolute Gasteiger partial charge is 0.131 e. The summed E-state index contributed by atoms with van der Waals surface area (Å²) >= 11 is 0. The molecule has 4 aromatic rings. The van der Waals surface area contributed by atoms with E-state index in [1.807, 2.05) is 42.6 Å². The molecular weight excluding hydrogens is 510 g/mol. The van der Waals surface area contributed by atoms with E-state index in [9.17, 15) is 0 Å². The van der Waals surface area contributed by atoms with E-state index in [0.29, 0.717) is 0 Å². The van der Waals surface area contributed by atoms with Crippen molar-refractivity contribution < 1.29 is 24.8 Å². The number of ether oxygens (including phenoxy) is 1. The average Bonchev–Trinajstić information content (AvgIpc) is 3.00. The second-order valence-corrected chi connectivity index (χ2v) is 6.70. The molecule has 0 saturated heterocycles. The first-order valence-corrected chi connectivity index (χ1v) is 8.74. The molecule has 1 aromatic heterocycles. The van der Waals surface area contributed by atoms with Crippen molar-refractivity contribution in [1.82, 2.24) is 4.98 Å². The van der Waals surface area contributed by atoms with E-state index in [1.54, 1.807) is 0 Å². The summed E-state index contributed by atoms with van der Waals surface area (Å²) in [5.74, 6) is 1.80. The first-order valence-electron chi connectivity index (χ1n) is 8.74. The van der Waals surface area contributed by atoms with Crippen LogP contribution in [0.5, 0.6) is 11.5 Å². The number of aromatic nitrogens is 1. The summed E-state index contributed by atoms with van der Waals surface area (Å²) in [6.07, 6.45) is 1.86. The van der Waals surface area contributed by atoms with Crippen LogP contribution in [0.15, 0.2) is 85.1 Å². The van der Waals surface area contributed by atoms with E-state index < -0.39 is 5.41 Å². The molecule has 2 heterocycles. The molecule has 6 rings (SSSR count). The summed E-state index contributed by atoms with van der Waals surface area (Å²) in [6, 6.07) is 30.5. The Hall–Kier alpha value is -2.74. The van der Waals surface area contributed by atoms with Gasteiger partial charge in [-0.15, -0.1) is 35.4 Å². The van der Waals surface area contributed by atoms with Gasteiger partial charge in [0.15, 0.2) is 0 Å². The zero-order chi connectivity index (χ0) is 17.1. The number of pyridine rings is 1. The Morgan fingerprint density at radius 3 is 2.07 bits per heavy atom. The standard InChI is InChI=1S/C24H14NO.Ir/c1-2-9-17-16(8-1)23-20(12-7-15-25-23)24(17)18-10-3-5-13-21(18)26-22-14-6-4-11-19(22)24;/h1-7,9-15H;/q-1;. The van der Waals surface area contributed by atoms with Gasteiger partial charge in [0.2, 0.25) is 0 Å². The van der Waals surface area contributed by atoms with Crippen molar-refractivity contribution in [1.29, 1.82) is 0 Å². The molecule has 27 heavy (non-hydrogen) atoms. The van der Waals surface area contributed by atoms with Crippen molar-refractivity contribution in [2.45, 2.75) is 5.41 Å². The van der Waals surface area contributed by atoms with E-state index >= 15 is 0 Å². The molecule has 1 radical (unpaired) electrons. The number of fused-ring (bicyclic) bond motifs is 9. The molecule has 1 aliphatic heterocycles. The fourth-order valence-electron chi connectivity index (χ4n) is 4.57. The van der Waals surface area contributed by atoms with Gasteiger partial charge in [-0.2, -0.15) is 0 Å². The van der Waals surface area contributed by atoms with Crippen LogP contribution < -0.4 is 4.74 Å². The Bertz CT molecular complexity index is 1090. The van der Waals surface area contributed by atoms with Gasteiger partial charge in [-0.3, -0.25) is 0 Å². The van der Waals surface area contributed by atoms with E-state index in [-0.39, 0.29) is 20.1 Å². The van der Waals surface area contributed by atoms with Gasteiger partial charge in [-0.05, 0) is 23.9 Å². The van der Waals surface area contributed by atoms with E-state index in [2.05, 4.69) is 48.5 Å². The monoisotopic (exact) mass is 525 g/mol. The van der Waals surface area contributed by atoms with E-state index in [4.69, 9.17) is 9.72 Å². The first-order chi connectivity index (χ1) is 12.9. The van der Waals surface area contributed by atoms with Crippen molar-refractivity contribution in [2.24, 2.45) is 0 Å². The first kappa shape index (κ1) is 16.4. The molecular formula is C24H14IrNO-. The van der Waals surface area contributed by atoms with Crippen molar-refractivity contribution in [2.75, 3.05) is 0 Å². The van der Waals surface area contributed by atoms with Crippen LogP contribution >= 0.6 is 0 Å². The third-order valence-electron chi connectivity index (χ3n) is 5.51. The Kier molecular flexibility index (Phi) is 3.58. The quantitative estimate of drug-likeness (QED) is 0.250. The molecule has 0 atom stereocenters. The fraction of sp³-hybridized carbons (Fsp3) is 0.0417. The van der Waals surface area contributed by atoms with Gasteiger partial charge in [0.05, 0.1) is 0 Å². The van der Waals surface area contributed by atoms with E-state index in [0.717, 1.165) is 33.9 Å². The predicted molar refractivity (Wildman–Crippen MR) is 100 cm³/mol. The fourth-order valence-corrected chi connectivity index (χ4v) is 4.57. The minimum Gasteiger partial charge on any atom is -0.457 e. The maximum atomic E-state index is 6.26. The van der Waals surface area contributed by atoms with E-state index in [1.165, 1.54) is 11.1 Å². The molecule has 0 fully saturated rings. The summed E-state index contributed by atoms with van der Waals surface area (Å²) in [4.78, 5) is 4.72. The molecule has 0 amide bonds. The minimum atomic E-state index is -0.415. The molecule has 2 nitrogen and oxygen atoms in total. The van der Waals surface area contributed by atoms with Gasteiger partial charge in [0, 0.05) is 42.8 Å². The predicted octanol–water partition coefficient (Wildman–Crippen LogP) is 5.35. The SMILES string of the molecule is [Ir].[c-]1cccc2c1-c1ncccc1C21c2ccccc2Oc2ccccc21. The Morgan fingerprint density at radius 2 is 1.33 bits per heavy atom. The maximum absolute atomic E-state index is 6.26. The normalized spacial score (nSPS) is 14.2. The van der Waals surface area contributed by atoms with Gasteiger partial charge in [0.1, 0.15) is 11.5 Å². The second kappa shape index (κ2) is 5.88. The summed E-state index contributed by atoms with van der Waals surface area (Å²) in [6.45, 7) is 0. The molecule has 131 valence electrons. The molecule has 3 heteroatoms. The Labute approximate surface area is 171 Å². The molecule has 0 saturated carbocycles. The van der Waals surface area contributed by atoms with Crippen molar-refractivity contribution in [3.8, 4) is 22.8 Å². The summed E-state index contributed by atoms with van der Waals surface area (Å²) in [5.41, 5.74) is 6.40. The van der Waals surface area contributed by atoms with Crippen molar-refractivity contribution in [3.63, 3.8) is 0 Å². The van der Waals surface area contributed by atoms with Gasteiger partial charge >= 0.3 is 0 Å². The largest absolute Gasteiger partial charge is 0.457 e. The topological polar surface area (TPSA) is 22.1 Å². The van der Waals surface area contributed by atoms with Crippen LogP contribution in [0.3, 0.4) is 0 Å². The third kappa shape index (κ3) is 1.96. The summed E-state index contributed by atoms with van der Waals surface area (Å²) < 4.78 is 6.26. The molecule has 0 unspecified atom stereocenters. The molecule has 3 aromatic carbocycles. The van der Waals surface area contributed by atoms with Crippen LogP contribution in [-0.4, -0.2) is 4.98 Å². The number of rotatable bonds is 0. The minimum absolute atomic E-state index is 0. The van der Waals surface area contributed by atoms with Crippen LogP contribution in [0.2, 0.25) is 0 Å². The maximum Gasteiger partial charge on any atom is 0.131 e. The Morgan fingerprint density at radius 1 is 0.704 bits per heavy atom. The van der Waals surface area contributed by atoms with Crippen LogP contribution in [-0.2, 0) is 25.5 Å². The van der Waals surface area contributed by atoms with Crippen molar-refractivity contribution in [3.05, 3.63) is 113 Å². The van der Waals surface area contributed by atoms with Crippen molar-refractivity contribution >= 4 is 0 Å². The number of hydrogen-bond donors (Lipinski definition) is 0. The van der Waals surface area contributed by atoms with Gasteiger partial charge in [-0.1, -0.05) is 48.0 Å². The average molecular weight is 525 g/mol. The van der Waals surface area contributed by atoms with Crippen LogP contribution in [0.25, 0.3) is 11.3 Å². The molecule has 1 aliphatic carbocycles. The summed E-state index contributed by atoms with van der Waals surface area (Å²) in [7, 11) is 0.